The number of amides is 1. The normalized spacial score (nSPS) is 11.4. The van der Waals surface area contributed by atoms with Crippen molar-refractivity contribution in [3.05, 3.63) is 54.4 Å². The van der Waals surface area contributed by atoms with Crippen molar-refractivity contribution in [2.75, 3.05) is 5.32 Å². The first-order valence-electron chi connectivity index (χ1n) is 8.54. The molecule has 1 amide bonds. The third-order valence-electron chi connectivity index (χ3n) is 3.62. The van der Waals surface area contributed by atoms with E-state index in [4.69, 9.17) is 9.90 Å². The van der Waals surface area contributed by atoms with Gasteiger partial charge >= 0.3 is 18.3 Å². The maximum absolute atomic E-state index is 12.9. The molecule has 15 heteroatoms. The number of H-pyrrole nitrogens is 1. The van der Waals surface area contributed by atoms with Crippen LogP contribution in [-0.2, 0) is 22.2 Å². The molecule has 0 unspecified atom stereocenters. The van der Waals surface area contributed by atoms with E-state index < -0.39 is 24.0 Å². The number of carboxylic acids is 1. The summed E-state index contributed by atoms with van der Waals surface area (Å²) in [6, 6.07) is 5.85. The number of nitrogens with one attached hydrogen (secondary N) is 2. The summed E-state index contributed by atoms with van der Waals surface area (Å²) in [6.45, 7) is 0. The summed E-state index contributed by atoms with van der Waals surface area (Å²) >= 11 is 0. The SMILES string of the molecule is O=C(CCc1ncc[nH]1)Nc1ccc(-n2nncc2C(F)(F)F)cc1.O=C(O)C(F)(F)F. The minimum absolute atomic E-state index is 0.193. The molecule has 0 aliphatic carbocycles. The molecule has 0 radical (unpaired) electrons. The van der Waals surface area contributed by atoms with Crippen LogP contribution >= 0.6 is 0 Å². The molecule has 2 heterocycles. The second-order valence-electron chi connectivity index (χ2n) is 5.96. The molecule has 2 aromatic heterocycles. The lowest BCUT2D eigenvalue weighted by Gasteiger charge is -2.10. The molecular weight excluding hydrogens is 450 g/mol. The van der Waals surface area contributed by atoms with E-state index in [9.17, 15) is 31.1 Å². The third kappa shape index (κ3) is 7.10. The zero-order chi connectivity index (χ0) is 23.9. The second kappa shape index (κ2) is 9.93. The van der Waals surface area contributed by atoms with Crippen LogP contribution in [0.5, 0.6) is 0 Å². The Labute approximate surface area is 175 Å². The van der Waals surface area contributed by atoms with Gasteiger partial charge in [-0.15, -0.1) is 5.10 Å². The number of hydrogen-bond acceptors (Lipinski definition) is 5. The van der Waals surface area contributed by atoms with Crippen LogP contribution < -0.4 is 5.32 Å². The summed E-state index contributed by atoms with van der Waals surface area (Å²) in [5, 5.41) is 16.5. The quantitative estimate of drug-likeness (QED) is 0.498. The van der Waals surface area contributed by atoms with Gasteiger partial charge in [0, 0.05) is 30.9 Å². The second-order valence-corrected chi connectivity index (χ2v) is 5.96. The van der Waals surface area contributed by atoms with Gasteiger partial charge in [0.05, 0.1) is 11.9 Å². The molecule has 0 spiro atoms. The largest absolute Gasteiger partial charge is 0.490 e. The molecule has 0 aliphatic rings. The predicted octanol–water partition coefficient (Wildman–Crippen LogP) is 3.21. The van der Waals surface area contributed by atoms with E-state index in [1.54, 1.807) is 12.4 Å². The van der Waals surface area contributed by atoms with Gasteiger partial charge in [-0.3, -0.25) is 4.79 Å². The smallest absolute Gasteiger partial charge is 0.475 e. The van der Waals surface area contributed by atoms with Gasteiger partial charge < -0.3 is 15.4 Å². The first-order valence-corrected chi connectivity index (χ1v) is 8.54. The fourth-order valence-corrected chi connectivity index (χ4v) is 2.20. The number of aryl methyl sites for hydroxylation is 1. The van der Waals surface area contributed by atoms with Gasteiger partial charge in [-0.2, -0.15) is 26.3 Å². The van der Waals surface area contributed by atoms with Crippen LogP contribution in [0.15, 0.2) is 42.9 Å². The average Bonchev–Trinajstić information content (AvgIpc) is 3.38. The molecule has 0 bridgehead atoms. The molecule has 3 aromatic rings. The summed E-state index contributed by atoms with van der Waals surface area (Å²) in [6.07, 6.45) is -5.01. The number of anilines is 1. The lowest BCUT2D eigenvalue weighted by Crippen LogP contribution is -2.21. The molecule has 172 valence electrons. The monoisotopic (exact) mass is 464 g/mol. The van der Waals surface area contributed by atoms with Crippen molar-refractivity contribution in [3.63, 3.8) is 0 Å². The van der Waals surface area contributed by atoms with Crippen molar-refractivity contribution in [2.24, 2.45) is 0 Å². The number of benzene rings is 1. The third-order valence-corrected chi connectivity index (χ3v) is 3.62. The number of hydrogen-bond donors (Lipinski definition) is 3. The molecular formula is C17H14F6N6O3. The summed E-state index contributed by atoms with van der Waals surface area (Å²) in [5.74, 6) is -2.27. The van der Waals surface area contributed by atoms with E-state index in [-0.39, 0.29) is 18.0 Å². The number of carbonyl (C=O) groups is 2. The molecule has 32 heavy (non-hydrogen) atoms. The van der Waals surface area contributed by atoms with Gasteiger partial charge in [0.15, 0.2) is 5.69 Å². The number of aromatic nitrogens is 5. The van der Waals surface area contributed by atoms with Gasteiger partial charge in [0.2, 0.25) is 5.91 Å². The van der Waals surface area contributed by atoms with Crippen molar-refractivity contribution in [1.29, 1.82) is 0 Å². The number of rotatable bonds is 5. The molecule has 0 aliphatic heterocycles. The average molecular weight is 464 g/mol. The maximum atomic E-state index is 12.9. The number of alkyl halides is 6. The minimum Gasteiger partial charge on any atom is -0.475 e. The van der Waals surface area contributed by atoms with E-state index in [2.05, 4.69) is 25.6 Å². The Hall–Kier alpha value is -3.91. The Balaban J connectivity index is 0.000000451. The van der Waals surface area contributed by atoms with Crippen LogP contribution in [0.2, 0.25) is 0 Å². The fourth-order valence-electron chi connectivity index (χ4n) is 2.20. The Morgan fingerprint density at radius 3 is 2.22 bits per heavy atom. The molecule has 1 aromatic carbocycles. The van der Waals surface area contributed by atoms with Gasteiger partial charge in [0.1, 0.15) is 5.82 Å². The molecule has 0 atom stereocenters. The van der Waals surface area contributed by atoms with Crippen LogP contribution in [0.25, 0.3) is 5.69 Å². The predicted molar refractivity (Wildman–Crippen MR) is 95.6 cm³/mol. The standard InChI is InChI=1S/C15H13F3N6O.C2HF3O2/c16-15(17,18)12-9-21-23-24(12)11-3-1-10(2-4-11)22-14(25)6-5-13-19-7-8-20-13;3-2(4,5)1(6)7/h1-4,7-9H,5-6H2,(H,19,20)(H,22,25);(H,6,7). The fraction of sp³-hybridized carbons (Fsp3) is 0.235. The highest BCUT2D eigenvalue weighted by atomic mass is 19.4. The maximum Gasteiger partial charge on any atom is 0.490 e. The number of nitrogens with zero attached hydrogens (tertiary/aromatic N) is 4. The molecule has 0 saturated heterocycles. The van der Waals surface area contributed by atoms with Crippen molar-refractivity contribution < 1.29 is 41.0 Å². The van der Waals surface area contributed by atoms with Gasteiger partial charge in [0.25, 0.3) is 0 Å². The number of carbonyl (C=O) groups excluding carboxylic acids is 1. The Morgan fingerprint density at radius 2 is 1.72 bits per heavy atom. The number of halogens is 6. The van der Waals surface area contributed by atoms with E-state index in [1.165, 1.54) is 24.3 Å². The summed E-state index contributed by atoms with van der Waals surface area (Å²) in [5.41, 5.74) is -0.303. The van der Waals surface area contributed by atoms with Crippen LogP contribution in [-0.4, -0.2) is 48.1 Å². The van der Waals surface area contributed by atoms with E-state index in [0.29, 0.717) is 28.8 Å². The van der Waals surface area contributed by atoms with Crippen LogP contribution in [0.3, 0.4) is 0 Å². The van der Waals surface area contributed by atoms with Crippen LogP contribution in [0.4, 0.5) is 32.0 Å². The number of carboxylic acid groups (broad SMARTS) is 1. The highest BCUT2D eigenvalue weighted by Crippen LogP contribution is 2.30. The Kier molecular flexibility index (Phi) is 7.56. The Bertz CT molecular complexity index is 1030. The van der Waals surface area contributed by atoms with Crippen LogP contribution in [0.1, 0.15) is 17.9 Å². The molecule has 9 nitrogen and oxygen atoms in total. The molecule has 3 N–H and O–H groups in total. The number of aliphatic carboxylic acids is 1. The van der Waals surface area contributed by atoms with Gasteiger partial charge in [-0.25, -0.2) is 14.5 Å². The summed E-state index contributed by atoms with van der Waals surface area (Å²) in [4.78, 5) is 27.7. The lowest BCUT2D eigenvalue weighted by atomic mass is 10.2. The summed E-state index contributed by atoms with van der Waals surface area (Å²) < 4.78 is 71.0. The van der Waals surface area contributed by atoms with E-state index >= 15 is 0 Å². The van der Waals surface area contributed by atoms with Crippen LogP contribution in [0, 0.1) is 0 Å². The first kappa shape index (κ1) is 24.4. The van der Waals surface area contributed by atoms with E-state index in [0.717, 1.165) is 0 Å². The minimum atomic E-state index is -5.08. The zero-order valence-corrected chi connectivity index (χ0v) is 15.8. The number of aromatic amines is 1. The zero-order valence-electron chi connectivity index (χ0n) is 15.8. The number of imidazole rings is 1. The highest BCUT2D eigenvalue weighted by molar-refractivity contribution is 5.90. The van der Waals surface area contributed by atoms with E-state index in [1.807, 2.05) is 0 Å². The van der Waals surface area contributed by atoms with Crippen molar-refractivity contribution >= 4 is 17.6 Å². The van der Waals surface area contributed by atoms with Gasteiger partial charge in [-0.1, -0.05) is 5.21 Å². The Morgan fingerprint density at radius 1 is 1.09 bits per heavy atom. The molecule has 3 rings (SSSR count). The topological polar surface area (TPSA) is 126 Å². The van der Waals surface area contributed by atoms with Crippen molar-refractivity contribution in [2.45, 2.75) is 25.2 Å². The molecule has 0 saturated carbocycles. The highest BCUT2D eigenvalue weighted by Gasteiger charge is 2.38. The molecule has 0 fully saturated rings. The first-order chi connectivity index (χ1) is 14.9. The van der Waals surface area contributed by atoms with Crippen molar-refractivity contribution in [1.82, 2.24) is 25.0 Å². The lowest BCUT2D eigenvalue weighted by molar-refractivity contribution is -0.192. The van der Waals surface area contributed by atoms with Gasteiger partial charge in [-0.05, 0) is 24.3 Å². The van der Waals surface area contributed by atoms with Crippen molar-refractivity contribution in [3.8, 4) is 5.69 Å². The summed E-state index contributed by atoms with van der Waals surface area (Å²) in [7, 11) is 0.